The Bertz CT molecular complexity index is 1230. The minimum Gasteiger partial charge on any atom is -0.339 e. The maximum atomic E-state index is 11.9. The van der Waals surface area contributed by atoms with Gasteiger partial charge in [-0.05, 0) is 60.7 Å². The van der Waals surface area contributed by atoms with Crippen LogP contribution in [0, 0.1) is 6.92 Å². The summed E-state index contributed by atoms with van der Waals surface area (Å²) in [6, 6.07) is 11.0. The summed E-state index contributed by atoms with van der Waals surface area (Å²) in [5.41, 5.74) is 6.77. The number of amides is 1. The zero-order valence-corrected chi connectivity index (χ0v) is 16.4. The Morgan fingerprint density at radius 3 is 2.86 bits per heavy atom. The van der Waals surface area contributed by atoms with Gasteiger partial charge in [-0.2, -0.15) is 5.10 Å². The number of hydrogen-bond acceptors (Lipinski definition) is 3. The van der Waals surface area contributed by atoms with Gasteiger partial charge in [-0.3, -0.25) is 9.89 Å². The van der Waals surface area contributed by atoms with Crippen LogP contribution in [0.15, 0.2) is 55.5 Å². The van der Waals surface area contributed by atoms with Crippen molar-refractivity contribution in [1.29, 1.82) is 0 Å². The molecule has 1 amide bonds. The summed E-state index contributed by atoms with van der Waals surface area (Å²) >= 11 is 0. The third-order valence-corrected chi connectivity index (χ3v) is 6.04. The predicted octanol–water partition coefficient (Wildman–Crippen LogP) is 4.24. The van der Waals surface area contributed by atoms with Gasteiger partial charge in [-0.15, -0.1) is 0 Å². The smallest absolute Gasteiger partial charge is 0.245 e. The summed E-state index contributed by atoms with van der Waals surface area (Å²) in [5, 5.41) is 8.41. The standard InChI is InChI=1S/C23H23N5O/c1-3-22(29)27-10-8-17(9-11-27)28-14-24-20-7-5-16(12-21(20)28)23-15(2)4-6-19-18(23)13-25-26-19/h3-7,12-14,17H,1,8-11H2,2H3,(H,25,26). The molecule has 29 heavy (non-hydrogen) atoms. The van der Waals surface area contributed by atoms with Gasteiger partial charge in [0.05, 0.1) is 29.1 Å². The van der Waals surface area contributed by atoms with Gasteiger partial charge in [0.15, 0.2) is 0 Å². The van der Waals surface area contributed by atoms with Gasteiger partial charge in [-0.1, -0.05) is 18.7 Å². The number of nitrogens with zero attached hydrogens (tertiary/aromatic N) is 4. The molecule has 1 aliphatic heterocycles. The van der Waals surface area contributed by atoms with Crippen LogP contribution < -0.4 is 0 Å². The van der Waals surface area contributed by atoms with E-state index >= 15 is 0 Å². The summed E-state index contributed by atoms with van der Waals surface area (Å²) in [6.07, 6.45) is 7.08. The summed E-state index contributed by atoms with van der Waals surface area (Å²) in [7, 11) is 0. The first-order chi connectivity index (χ1) is 14.2. The van der Waals surface area contributed by atoms with Gasteiger partial charge in [0.1, 0.15) is 0 Å². The van der Waals surface area contributed by atoms with E-state index in [9.17, 15) is 4.79 Å². The number of carbonyl (C=O) groups is 1. The van der Waals surface area contributed by atoms with E-state index in [4.69, 9.17) is 0 Å². The fraction of sp³-hybridized carbons (Fsp3) is 0.261. The Labute approximate surface area is 168 Å². The van der Waals surface area contributed by atoms with Crippen molar-refractivity contribution < 1.29 is 4.79 Å². The Hall–Kier alpha value is -3.41. The van der Waals surface area contributed by atoms with Crippen LogP contribution in [0.5, 0.6) is 0 Å². The van der Waals surface area contributed by atoms with E-state index in [2.05, 4.69) is 63.6 Å². The molecule has 0 bridgehead atoms. The van der Waals surface area contributed by atoms with Gasteiger partial charge in [0.2, 0.25) is 5.91 Å². The zero-order chi connectivity index (χ0) is 20.0. The maximum absolute atomic E-state index is 11.9. The molecule has 146 valence electrons. The van der Waals surface area contributed by atoms with Gasteiger partial charge in [0.25, 0.3) is 0 Å². The predicted molar refractivity (Wildman–Crippen MR) is 115 cm³/mol. The van der Waals surface area contributed by atoms with Crippen molar-refractivity contribution in [2.75, 3.05) is 13.1 Å². The van der Waals surface area contributed by atoms with Crippen LogP contribution in [0.4, 0.5) is 0 Å². The number of aromatic nitrogens is 4. The Morgan fingerprint density at radius 1 is 1.24 bits per heavy atom. The molecule has 2 aromatic carbocycles. The normalized spacial score (nSPS) is 15.3. The zero-order valence-electron chi connectivity index (χ0n) is 16.4. The van der Waals surface area contributed by atoms with E-state index in [1.807, 2.05) is 17.4 Å². The minimum atomic E-state index is 0.0184. The number of piperidine rings is 1. The molecule has 3 heterocycles. The highest BCUT2D eigenvalue weighted by atomic mass is 16.2. The van der Waals surface area contributed by atoms with Crippen molar-refractivity contribution in [1.82, 2.24) is 24.6 Å². The summed E-state index contributed by atoms with van der Waals surface area (Å²) in [5.74, 6) is 0.0184. The van der Waals surface area contributed by atoms with E-state index in [0.29, 0.717) is 6.04 Å². The quantitative estimate of drug-likeness (QED) is 0.537. The van der Waals surface area contributed by atoms with Crippen LogP contribution in [0.3, 0.4) is 0 Å². The molecule has 0 aliphatic carbocycles. The fourth-order valence-electron chi connectivity index (χ4n) is 4.48. The number of hydrogen-bond donors (Lipinski definition) is 1. The van der Waals surface area contributed by atoms with Crippen LogP contribution in [0.25, 0.3) is 33.1 Å². The number of likely N-dealkylation sites (tertiary alicyclic amines) is 1. The lowest BCUT2D eigenvalue weighted by atomic mass is 9.96. The molecule has 4 aromatic rings. The molecule has 1 fully saturated rings. The third-order valence-electron chi connectivity index (χ3n) is 6.04. The number of fused-ring (bicyclic) bond motifs is 2. The molecular weight excluding hydrogens is 362 g/mol. The highest BCUT2D eigenvalue weighted by Gasteiger charge is 2.24. The summed E-state index contributed by atoms with van der Waals surface area (Å²) in [4.78, 5) is 18.4. The highest BCUT2D eigenvalue weighted by Crippen LogP contribution is 2.34. The Balaban J connectivity index is 1.53. The van der Waals surface area contributed by atoms with E-state index in [1.165, 1.54) is 22.8 Å². The second kappa shape index (κ2) is 6.88. The molecule has 1 saturated heterocycles. The van der Waals surface area contributed by atoms with Gasteiger partial charge < -0.3 is 9.47 Å². The van der Waals surface area contributed by atoms with Gasteiger partial charge in [0, 0.05) is 24.5 Å². The molecule has 6 nitrogen and oxygen atoms in total. The Morgan fingerprint density at radius 2 is 2.07 bits per heavy atom. The van der Waals surface area contributed by atoms with Crippen LogP contribution in [0.1, 0.15) is 24.4 Å². The fourth-order valence-corrected chi connectivity index (χ4v) is 4.48. The number of benzene rings is 2. The van der Waals surface area contributed by atoms with Crippen molar-refractivity contribution in [3.8, 4) is 11.1 Å². The number of carbonyl (C=O) groups excluding carboxylic acids is 1. The number of H-pyrrole nitrogens is 1. The molecular formula is C23H23N5O. The van der Waals surface area contributed by atoms with E-state index in [1.54, 1.807) is 0 Å². The molecule has 0 saturated carbocycles. The second-order valence-corrected chi connectivity index (χ2v) is 7.70. The lowest BCUT2D eigenvalue weighted by Gasteiger charge is -2.32. The molecule has 5 rings (SSSR count). The first-order valence-electron chi connectivity index (χ1n) is 9.96. The molecule has 0 spiro atoms. The Kier molecular flexibility index (Phi) is 4.19. The number of rotatable bonds is 3. The van der Waals surface area contributed by atoms with E-state index in [-0.39, 0.29) is 5.91 Å². The van der Waals surface area contributed by atoms with E-state index in [0.717, 1.165) is 47.9 Å². The van der Waals surface area contributed by atoms with Crippen molar-refractivity contribution >= 4 is 27.8 Å². The molecule has 1 aliphatic rings. The molecule has 2 aromatic heterocycles. The SMILES string of the molecule is C=CC(=O)N1CCC(n2cnc3ccc(-c4c(C)ccc5[nH]ncc45)cc32)CC1. The van der Waals surface area contributed by atoms with Crippen molar-refractivity contribution in [2.45, 2.75) is 25.8 Å². The first-order valence-corrected chi connectivity index (χ1v) is 9.96. The number of imidazole rings is 1. The average molecular weight is 385 g/mol. The molecule has 0 radical (unpaired) electrons. The minimum absolute atomic E-state index is 0.0184. The molecule has 1 N–H and O–H groups in total. The molecule has 0 unspecified atom stereocenters. The van der Waals surface area contributed by atoms with Gasteiger partial charge in [-0.25, -0.2) is 4.98 Å². The summed E-state index contributed by atoms with van der Waals surface area (Å²) < 4.78 is 2.28. The molecule has 0 atom stereocenters. The highest BCUT2D eigenvalue weighted by molar-refractivity contribution is 5.98. The average Bonchev–Trinajstić information content (AvgIpc) is 3.39. The van der Waals surface area contributed by atoms with Crippen LogP contribution in [0.2, 0.25) is 0 Å². The van der Waals surface area contributed by atoms with Crippen LogP contribution >= 0.6 is 0 Å². The summed E-state index contributed by atoms with van der Waals surface area (Å²) in [6.45, 7) is 7.23. The van der Waals surface area contributed by atoms with Crippen molar-refractivity contribution in [2.24, 2.45) is 0 Å². The topological polar surface area (TPSA) is 66.8 Å². The first kappa shape index (κ1) is 17.7. The number of aromatic amines is 1. The number of nitrogens with one attached hydrogen (secondary N) is 1. The largest absolute Gasteiger partial charge is 0.339 e. The van der Waals surface area contributed by atoms with Crippen molar-refractivity contribution in [3.63, 3.8) is 0 Å². The third kappa shape index (κ3) is 2.92. The monoisotopic (exact) mass is 385 g/mol. The van der Waals surface area contributed by atoms with E-state index < -0.39 is 0 Å². The van der Waals surface area contributed by atoms with Gasteiger partial charge >= 0.3 is 0 Å². The van der Waals surface area contributed by atoms with Crippen LogP contribution in [-0.4, -0.2) is 43.6 Å². The molecule has 6 heteroatoms. The second-order valence-electron chi connectivity index (χ2n) is 7.70. The van der Waals surface area contributed by atoms with Crippen molar-refractivity contribution in [3.05, 3.63) is 61.1 Å². The number of aryl methyl sites for hydroxylation is 1. The lowest BCUT2D eigenvalue weighted by molar-refractivity contribution is -0.127. The van der Waals surface area contributed by atoms with Crippen LogP contribution in [-0.2, 0) is 4.79 Å². The lowest BCUT2D eigenvalue weighted by Crippen LogP contribution is -2.37. The maximum Gasteiger partial charge on any atom is 0.245 e.